The van der Waals surface area contributed by atoms with Crippen LogP contribution in [0.15, 0.2) is 30.5 Å². The van der Waals surface area contributed by atoms with E-state index in [1.165, 1.54) is 12.8 Å². The molecule has 0 spiro atoms. The van der Waals surface area contributed by atoms with E-state index in [9.17, 15) is 0 Å². The zero-order chi connectivity index (χ0) is 21.8. The first kappa shape index (κ1) is 22.5. The standard InChI is InChI=1S/C25H35ClN4O/c1-25(2)14-18(10-11-31-25)15-29-24-5-3-4-23(30-24)21-13-20(28-16-22(21)26)12-17-6-8-19(27)9-7-17/h3-5,13,16-19H,6-12,14-15,27H2,1-2H3,(H,29,30)/t17?,18-,19?/m0/s1. The minimum absolute atomic E-state index is 0.0375. The molecule has 31 heavy (non-hydrogen) atoms. The van der Waals surface area contributed by atoms with E-state index in [1.807, 2.05) is 18.2 Å². The molecule has 1 saturated heterocycles. The molecule has 5 nitrogen and oxygen atoms in total. The van der Waals surface area contributed by atoms with E-state index in [1.54, 1.807) is 6.20 Å². The van der Waals surface area contributed by atoms with E-state index in [-0.39, 0.29) is 5.60 Å². The fraction of sp³-hybridized carbons (Fsp3) is 0.600. The van der Waals surface area contributed by atoms with Crippen LogP contribution >= 0.6 is 11.6 Å². The molecule has 0 aromatic carbocycles. The van der Waals surface area contributed by atoms with Crippen LogP contribution in [0.3, 0.4) is 0 Å². The highest BCUT2D eigenvalue weighted by molar-refractivity contribution is 6.33. The van der Waals surface area contributed by atoms with E-state index < -0.39 is 0 Å². The van der Waals surface area contributed by atoms with Gasteiger partial charge in [0.05, 0.1) is 16.3 Å². The lowest BCUT2D eigenvalue weighted by Crippen LogP contribution is -2.36. The fourth-order valence-corrected chi connectivity index (χ4v) is 5.14. The Morgan fingerprint density at radius 2 is 1.97 bits per heavy atom. The van der Waals surface area contributed by atoms with Gasteiger partial charge >= 0.3 is 0 Å². The van der Waals surface area contributed by atoms with Crippen molar-refractivity contribution < 1.29 is 4.74 Å². The topological polar surface area (TPSA) is 73.1 Å². The van der Waals surface area contributed by atoms with Crippen LogP contribution in [-0.4, -0.2) is 34.8 Å². The molecule has 2 aromatic rings. The Morgan fingerprint density at radius 3 is 2.74 bits per heavy atom. The number of nitrogens with one attached hydrogen (secondary N) is 1. The van der Waals surface area contributed by atoms with Gasteiger partial charge in [-0.25, -0.2) is 4.98 Å². The normalized spacial score (nSPS) is 25.9. The van der Waals surface area contributed by atoms with Gasteiger partial charge in [-0.2, -0.15) is 0 Å². The van der Waals surface area contributed by atoms with Gasteiger partial charge in [0.1, 0.15) is 5.82 Å². The number of nitrogens with zero attached hydrogens (tertiary/aromatic N) is 2. The van der Waals surface area contributed by atoms with Crippen LogP contribution in [0.4, 0.5) is 5.82 Å². The van der Waals surface area contributed by atoms with E-state index in [0.29, 0.717) is 22.9 Å². The first-order valence-electron chi connectivity index (χ1n) is 11.6. The van der Waals surface area contributed by atoms with Crippen molar-refractivity contribution >= 4 is 17.4 Å². The monoisotopic (exact) mass is 442 g/mol. The van der Waals surface area contributed by atoms with E-state index in [2.05, 4.69) is 30.2 Å². The molecule has 168 valence electrons. The smallest absolute Gasteiger partial charge is 0.126 e. The van der Waals surface area contributed by atoms with Crippen molar-refractivity contribution in [2.45, 2.75) is 70.4 Å². The molecule has 2 aromatic heterocycles. The van der Waals surface area contributed by atoms with Gasteiger partial charge in [0.25, 0.3) is 0 Å². The van der Waals surface area contributed by atoms with Crippen LogP contribution in [0, 0.1) is 11.8 Å². The zero-order valence-corrected chi connectivity index (χ0v) is 19.5. The summed E-state index contributed by atoms with van der Waals surface area (Å²) in [6.45, 7) is 6.07. The zero-order valence-electron chi connectivity index (χ0n) is 18.7. The average molecular weight is 443 g/mol. The van der Waals surface area contributed by atoms with Crippen LogP contribution in [-0.2, 0) is 11.2 Å². The number of ether oxygens (including phenoxy) is 1. The van der Waals surface area contributed by atoms with E-state index in [0.717, 1.165) is 68.0 Å². The molecule has 2 fully saturated rings. The summed E-state index contributed by atoms with van der Waals surface area (Å²) in [4.78, 5) is 9.44. The van der Waals surface area contributed by atoms with Crippen molar-refractivity contribution in [3.63, 3.8) is 0 Å². The molecule has 1 aliphatic carbocycles. The number of nitrogens with two attached hydrogens (primary N) is 1. The fourth-order valence-electron chi connectivity index (χ4n) is 4.94. The Labute approximate surface area is 191 Å². The minimum atomic E-state index is -0.0375. The van der Waals surface area contributed by atoms with Crippen LogP contribution in [0.25, 0.3) is 11.3 Å². The maximum absolute atomic E-state index is 6.52. The second kappa shape index (κ2) is 9.85. The first-order valence-corrected chi connectivity index (χ1v) is 12.0. The van der Waals surface area contributed by atoms with Gasteiger partial charge in [0.15, 0.2) is 0 Å². The van der Waals surface area contributed by atoms with Gasteiger partial charge in [0.2, 0.25) is 0 Å². The number of anilines is 1. The Kier molecular flexibility index (Phi) is 7.15. The van der Waals surface area contributed by atoms with Crippen molar-refractivity contribution in [3.05, 3.63) is 41.2 Å². The quantitative estimate of drug-likeness (QED) is 0.620. The molecule has 4 rings (SSSR count). The third-order valence-corrected chi connectivity index (χ3v) is 7.00. The summed E-state index contributed by atoms with van der Waals surface area (Å²) in [5, 5.41) is 4.17. The van der Waals surface area contributed by atoms with Gasteiger partial charge in [-0.15, -0.1) is 0 Å². The van der Waals surface area contributed by atoms with Crippen molar-refractivity contribution in [1.82, 2.24) is 9.97 Å². The highest BCUT2D eigenvalue weighted by Crippen LogP contribution is 2.31. The van der Waals surface area contributed by atoms with Gasteiger partial charge in [-0.1, -0.05) is 17.7 Å². The Bertz CT molecular complexity index is 880. The van der Waals surface area contributed by atoms with Crippen LogP contribution < -0.4 is 11.1 Å². The molecule has 1 saturated carbocycles. The summed E-state index contributed by atoms with van der Waals surface area (Å²) in [6.07, 6.45) is 9.49. The molecular weight excluding hydrogens is 408 g/mol. The van der Waals surface area contributed by atoms with E-state index >= 15 is 0 Å². The maximum Gasteiger partial charge on any atom is 0.126 e. The van der Waals surface area contributed by atoms with Crippen molar-refractivity contribution in [1.29, 1.82) is 0 Å². The molecule has 6 heteroatoms. The molecular formula is C25H35ClN4O. The predicted octanol–water partition coefficient (Wildman–Crippen LogP) is 5.47. The van der Waals surface area contributed by atoms with Crippen LogP contribution in [0.2, 0.25) is 5.02 Å². The lowest BCUT2D eigenvalue weighted by atomic mass is 9.83. The van der Waals surface area contributed by atoms with Gasteiger partial charge in [-0.3, -0.25) is 4.98 Å². The third-order valence-electron chi connectivity index (χ3n) is 6.70. The first-order chi connectivity index (χ1) is 14.9. The summed E-state index contributed by atoms with van der Waals surface area (Å²) in [5.41, 5.74) is 8.95. The highest BCUT2D eigenvalue weighted by atomic mass is 35.5. The predicted molar refractivity (Wildman–Crippen MR) is 127 cm³/mol. The molecule has 3 N–H and O–H groups in total. The maximum atomic E-state index is 6.52. The third kappa shape index (κ3) is 6.18. The minimum Gasteiger partial charge on any atom is -0.376 e. The molecule has 1 atom stereocenters. The molecule has 1 aliphatic heterocycles. The number of hydrogen-bond donors (Lipinski definition) is 2. The average Bonchev–Trinajstić information content (AvgIpc) is 2.75. The van der Waals surface area contributed by atoms with Gasteiger partial charge < -0.3 is 15.8 Å². The molecule has 0 amide bonds. The van der Waals surface area contributed by atoms with Crippen LogP contribution in [0.1, 0.15) is 58.1 Å². The summed E-state index contributed by atoms with van der Waals surface area (Å²) in [6, 6.07) is 8.57. The summed E-state index contributed by atoms with van der Waals surface area (Å²) in [7, 11) is 0. The van der Waals surface area contributed by atoms with Crippen molar-refractivity contribution in [2.75, 3.05) is 18.5 Å². The number of aromatic nitrogens is 2. The summed E-state index contributed by atoms with van der Waals surface area (Å²) >= 11 is 6.52. The highest BCUT2D eigenvalue weighted by Gasteiger charge is 2.28. The molecule has 0 unspecified atom stereocenters. The lowest BCUT2D eigenvalue weighted by molar-refractivity contribution is -0.0699. The SMILES string of the molecule is CC1(C)C[C@@H](CNc2cccc(-c3cc(CC4CCC(N)CC4)ncc3Cl)n2)CCO1. The Balaban J connectivity index is 1.43. The number of halogens is 1. The molecule has 0 radical (unpaired) electrons. The Morgan fingerprint density at radius 1 is 1.16 bits per heavy atom. The van der Waals surface area contributed by atoms with Crippen molar-refractivity contribution in [3.8, 4) is 11.3 Å². The second-order valence-electron chi connectivity index (χ2n) is 9.90. The van der Waals surface area contributed by atoms with Crippen LogP contribution in [0.5, 0.6) is 0 Å². The molecule has 2 aliphatic rings. The summed E-state index contributed by atoms with van der Waals surface area (Å²) < 4.78 is 5.84. The number of hydrogen-bond acceptors (Lipinski definition) is 5. The Hall–Kier alpha value is -1.69. The van der Waals surface area contributed by atoms with E-state index in [4.69, 9.17) is 27.1 Å². The second-order valence-corrected chi connectivity index (χ2v) is 10.3. The van der Waals surface area contributed by atoms with Crippen molar-refractivity contribution in [2.24, 2.45) is 17.6 Å². The molecule has 0 bridgehead atoms. The number of pyridine rings is 2. The lowest BCUT2D eigenvalue weighted by Gasteiger charge is -2.35. The van der Waals surface area contributed by atoms with Gasteiger partial charge in [-0.05, 0) is 88.8 Å². The summed E-state index contributed by atoms with van der Waals surface area (Å²) in [5.74, 6) is 2.14. The largest absolute Gasteiger partial charge is 0.376 e. The number of rotatable bonds is 6. The molecule has 3 heterocycles. The van der Waals surface area contributed by atoms with Gasteiger partial charge in [0, 0.05) is 36.6 Å².